The molecular formula is C13H20Cl2N2S. The summed E-state index contributed by atoms with van der Waals surface area (Å²) in [6.07, 6.45) is 6.35. The van der Waals surface area contributed by atoms with Crippen LogP contribution < -0.4 is 11.3 Å². The maximum atomic E-state index is 6.27. The second-order valence-corrected chi connectivity index (χ2v) is 7.33. The highest BCUT2D eigenvalue weighted by atomic mass is 35.5. The topological polar surface area (TPSA) is 38.0 Å². The molecule has 3 unspecified atom stereocenters. The van der Waals surface area contributed by atoms with Gasteiger partial charge < -0.3 is 0 Å². The highest BCUT2D eigenvalue weighted by molar-refractivity contribution is 7.20. The fraction of sp³-hybridized carbons (Fsp3) is 0.692. The Morgan fingerprint density at radius 2 is 2.17 bits per heavy atom. The number of nitrogens with two attached hydrogens (primary N) is 1. The summed E-state index contributed by atoms with van der Waals surface area (Å²) >= 11 is 13.7. The molecule has 0 radical (unpaired) electrons. The lowest BCUT2D eigenvalue weighted by atomic mass is 9.73. The van der Waals surface area contributed by atoms with Gasteiger partial charge >= 0.3 is 0 Å². The predicted molar refractivity (Wildman–Crippen MR) is 80.1 cm³/mol. The van der Waals surface area contributed by atoms with E-state index >= 15 is 0 Å². The standard InChI is InChI=1S/C13H20Cl2N2S/c1-2-8-5-3-4-6-9(8)12(17-16)10-7-11(14)18-13(10)15/h7-9,12,17H,2-6,16H2,1H3. The number of hydrogen-bond donors (Lipinski definition) is 2. The highest BCUT2D eigenvalue weighted by Crippen LogP contribution is 2.44. The van der Waals surface area contributed by atoms with Crippen molar-refractivity contribution in [2.75, 3.05) is 0 Å². The van der Waals surface area contributed by atoms with Gasteiger partial charge in [0.15, 0.2) is 0 Å². The van der Waals surface area contributed by atoms with E-state index in [-0.39, 0.29) is 6.04 Å². The third kappa shape index (κ3) is 3.02. The van der Waals surface area contributed by atoms with Crippen LogP contribution in [0.4, 0.5) is 0 Å². The van der Waals surface area contributed by atoms with Crippen molar-refractivity contribution in [2.24, 2.45) is 17.7 Å². The molecule has 1 aromatic rings. The summed E-state index contributed by atoms with van der Waals surface area (Å²) in [5.74, 6) is 7.08. The first-order chi connectivity index (χ1) is 8.67. The second-order valence-electron chi connectivity index (χ2n) is 5.04. The SMILES string of the molecule is CCC1CCCCC1C(NN)c1cc(Cl)sc1Cl. The first-order valence-electron chi connectivity index (χ1n) is 6.58. The van der Waals surface area contributed by atoms with E-state index in [1.807, 2.05) is 6.07 Å². The van der Waals surface area contributed by atoms with Crippen molar-refractivity contribution < 1.29 is 0 Å². The molecule has 0 spiro atoms. The van der Waals surface area contributed by atoms with Crippen molar-refractivity contribution in [3.05, 3.63) is 20.3 Å². The van der Waals surface area contributed by atoms with Crippen molar-refractivity contribution in [1.29, 1.82) is 0 Å². The summed E-state index contributed by atoms with van der Waals surface area (Å²) < 4.78 is 1.50. The van der Waals surface area contributed by atoms with Crippen LogP contribution in [-0.4, -0.2) is 0 Å². The van der Waals surface area contributed by atoms with E-state index in [1.165, 1.54) is 43.4 Å². The van der Waals surface area contributed by atoms with E-state index in [0.717, 1.165) is 20.2 Å². The third-order valence-electron chi connectivity index (χ3n) is 4.12. The smallest absolute Gasteiger partial charge is 0.0992 e. The van der Waals surface area contributed by atoms with E-state index in [2.05, 4.69) is 12.3 Å². The Labute approximate surface area is 123 Å². The number of halogens is 2. The molecule has 2 nitrogen and oxygen atoms in total. The fourth-order valence-corrected chi connectivity index (χ4v) is 4.74. The number of hydrazine groups is 1. The molecule has 0 aromatic carbocycles. The van der Waals surface area contributed by atoms with Crippen LogP contribution in [0.15, 0.2) is 6.07 Å². The molecule has 1 fully saturated rings. The summed E-state index contributed by atoms with van der Waals surface area (Å²) in [6.45, 7) is 2.26. The van der Waals surface area contributed by atoms with Crippen molar-refractivity contribution >= 4 is 34.5 Å². The van der Waals surface area contributed by atoms with Crippen LogP contribution in [0.3, 0.4) is 0 Å². The van der Waals surface area contributed by atoms with Crippen LogP contribution in [0.1, 0.15) is 50.6 Å². The van der Waals surface area contributed by atoms with Crippen LogP contribution in [0, 0.1) is 11.8 Å². The summed E-state index contributed by atoms with van der Waals surface area (Å²) in [4.78, 5) is 0. The van der Waals surface area contributed by atoms with E-state index < -0.39 is 0 Å². The zero-order valence-electron chi connectivity index (χ0n) is 10.6. The van der Waals surface area contributed by atoms with Gasteiger partial charge in [0, 0.05) is 5.56 Å². The molecule has 2 rings (SSSR count). The molecule has 3 atom stereocenters. The van der Waals surface area contributed by atoms with Crippen LogP contribution in [0.25, 0.3) is 0 Å². The molecule has 0 saturated heterocycles. The number of rotatable bonds is 4. The maximum absolute atomic E-state index is 6.27. The Hall–Kier alpha value is 0.200. The van der Waals surface area contributed by atoms with Gasteiger partial charge in [-0.25, -0.2) is 0 Å². The van der Waals surface area contributed by atoms with Crippen LogP contribution in [-0.2, 0) is 0 Å². The summed E-state index contributed by atoms with van der Waals surface area (Å²) in [5, 5.41) is 0. The first-order valence-corrected chi connectivity index (χ1v) is 8.15. The van der Waals surface area contributed by atoms with Crippen molar-refractivity contribution in [2.45, 2.75) is 45.1 Å². The lowest BCUT2D eigenvalue weighted by Gasteiger charge is -2.36. The molecule has 0 amide bonds. The van der Waals surface area contributed by atoms with Crippen molar-refractivity contribution in [3.63, 3.8) is 0 Å². The number of nitrogens with one attached hydrogen (secondary N) is 1. The van der Waals surface area contributed by atoms with Crippen molar-refractivity contribution in [3.8, 4) is 0 Å². The van der Waals surface area contributed by atoms with Gasteiger partial charge in [0.1, 0.15) is 0 Å². The minimum Gasteiger partial charge on any atom is -0.271 e. The molecule has 0 aliphatic heterocycles. The van der Waals surface area contributed by atoms with Crippen LogP contribution >= 0.6 is 34.5 Å². The molecule has 0 bridgehead atoms. The molecule has 18 heavy (non-hydrogen) atoms. The quantitative estimate of drug-likeness (QED) is 0.621. The van der Waals surface area contributed by atoms with Crippen LogP contribution in [0.2, 0.25) is 8.67 Å². The van der Waals surface area contributed by atoms with E-state index in [0.29, 0.717) is 5.92 Å². The number of thiophene rings is 1. The minimum absolute atomic E-state index is 0.131. The Bertz CT molecular complexity index is 394. The average molecular weight is 307 g/mol. The van der Waals surface area contributed by atoms with Gasteiger partial charge in [-0.15, -0.1) is 11.3 Å². The molecule has 1 saturated carbocycles. The van der Waals surface area contributed by atoms with Crippen LogP contribution in [0.5, 0.6) is 0 Å². The van der Waals surface area contributed by atoms with Crippen molar-refractivity contribution in [1.82, 2.24) is 5.43 Å². The van der Waals surface area contributed by atoms with E-state index in [4.69, 9.17) is 29.0 Å². The fourth-order valence-electron chi connectivity index (χ4n) is 3.19. The van der Waals surface area contributed by atoms with Gasteiger partial charge in [0.05, 0.1) is 14.7 Å². The maximum Gasteiger partial charge on any atom is 0.0992 e. The zero-order chi connectivity index (χ0) is 13.1. The van der Waals surface area contributed by atoms with Gasteiger partial charge in [-0.1, -0.05) is 55.8 Å². The van der Waals surface area contributed by atoms with Gasteiger partial charge in [-0.2, -0.15) is 0 Å². The molecule has 1 aliphatic rings. The molecule has 3 N–H and O–H groups in total. The monoisotopic (exact) mass is 306 g/mol. The van der Waals surface area contributed by atoms with Gasteiger partial charge in [-0.3, -0.25) is 11.3 Å². The van der Waals surface area contributed by atoms with E-state index in [1.54, 1.807) is 0 Å². The lowest BCUT2D eigenvalue weighted by molar-refractivity contribution is 0.176. The molecular weight excluding hydrogens is 287 g/mol. The summed E-state index contributed by atoms with van der Waals surface area (Å²) in [7, 11) is 0. The Kier molecular flexibility index (Phi) is 5.34. The number of hydrogen-bond acceptors (Lipinski definition) is 3. The van der Waals surface area contributed by atoms with Gasteiger partial charge in [0.25, 0.3) is 0 Å². The molecule has 5 heteroatoms. The third-order valence-corrected chi connectivity index (χ3v) is 5.64. The Balaban J connectivity index is 2.24. The molecule has 102 valence electrons. The first kappa shape index (κ1) is 14.6. The Morgan fingerprint density at radius 1 is 1.44 bits per heavy atom. The lowest BCUT2D eigenvalue weighted by Crippen LogP contribution is -2.38. The minimum atomic E-state index is 0.131. The largest absolute Gasteiger partial charge is 0.271 e. The molecule has 1 aromatic heterocycles. The molecule has 1 heterocycles. The predicted octanol–water partition coefficient (Wildman–Crippen LogP) is 4.78. The van der Waals surface area contributed by atoms with E-state index in [9.17, 15) is 0 Å². The highest BCUT2D eigenvalue weighted by Gasteiger charge is 2.32. The zero-order valence-corrected chi connectivity index (χ0v) is 12.9. The summed E-state index contributed by atoms with van der Waals surface area (Å²) in [5.41, 5.74) is 4.04. The van der Waals surface area contributed by atoms with Gasteiger partial charge in [0.2, 0.25) is 0 Å². The normalized spacial score (nSPS) is 26.2. The Morgan fingerprint density at radius 3 is 2.72 bits per heavy atom. The molecule has 1 aliphatic carbocycles. The second kappa shape index (κ2) is 6.58. The summed E-state index contributed by atoms with van der Waals surface area (Å²) in [6, 6.07) is 2.09. The van der Waals surface area contributed by atoms with Gasteiger partial charge in [-0.05, 0) is 24.3 Å². The average Bonchev–Trinajstić information content (AvgIpc) is 2.70.